The predicted octanol–water partition coefficient (Wildman–Crippen LogP) is 2.33. The van der Waals surface area contributed by atoms with Crippen molar-refractivity contribution in [1.29, 1.82) is 0 Å². The second-order valence-electron chi connectivity index (χ2n) is 5.66. The van der Waals surface area contributed by atoms with Gasteiger partial charge < -0.3 is 15.0 Å². The molecule has 0 atom stereocenters. The van der Waals surface area contributed by atoms with Gasteiger partial charge in [0.1, 0.15) is 0 Å². The van der Waals surface area contributed by atoms with E-state index in [4.69, 9.17) is 4.74 Å². The quantitative estimate of drug-likeness (QED) is 0.888. The van der Waals surface area contributed by atoms with Crippen LogP contribution in [0.15, 0.2) is 18.2 Å². The molecule has 1 N–H and O–H groups in total. The van der Waals surface area contributed by atoms with Crippen molar-refractivity contribution >= 4 is 5.69 Å². The maximum absolute atomic E-state index is 5.58. The van der Waals surface area contributed by atoms with Crippen LogP contribution in [0.3, 0.4) is 0 Å². The molecule has 1 saturated heterocycles. The highest BCUT2D eigenvalue weighted by molar-refractivity contribution is 5.53. The van der Waals surface area contributed by atoms with Crippen molar-refractivity contribution in [3.8, 4) is 0 Å². The summed E-state index contributed by atoms with van der Waals surface area (Å²) in [7, 11) is 1.98. The first kappa shape index (κ1) is 13.4. The first-order valence-corrected chi connectivity index (χ1v) is 6.64. The molecule has 1 heterocycles. The first-order valence-electron chi connectivity index (χ1n) is 6.64. The number of nitrogens with zero attached hydrogens (tertiary/aromatic N) is 1. The lowest BCUT2D eigenvalue weighted by atomic mass is 9.99. The van der Waals surface area contributed by atoms with E-state index in [1.807, 2.05) is 7.05 Å². The predicted molar refractivity (Wildman–Crippen MR) is 76.2 cm³/mol. The van der Waals surface area contributed by atoms with Crippen LogP contribution < -0.4 is 10.2 Å². The molecule has 0 aromatic heterocycles. The van der Waals surface area contributed by atoms with Gasteiger partial charge in [0, 0.05) is 18.8 Å². The van der Waals surface area contributed by atoms with Gasteiger partial charge in [-0.25, -0.2) is 0 Å². The molecule has 1 fully saturated rings. The number of benzene rings is 1. The van der Waals surface area contributed by atoms with E-state index in [-0.39, 0.29) is 5.54 Å². The number of anilines is 1. The molecule has 0 unspecified atom stereocenters. The van der Waals surface area contributed by atoms with Crippen LogP contribution in [-0.4, -0.2) is 32.3 Å². The summed E-state index contributed by atoms with van der Waals surface area (Å²) in [6, 6.07) is 6.75. The number of aryl methyl sites for hydroxylation is 1. The fraction of sp³-hybridized carbons (Fsp3) is 0.600. The van der Waals surface area contributed by atoms with E-state index in [0.717, 1.165) is 26.3 Å². The van der Waals surface area contributed by atoms with Crippen LogP contribution in [-0.2, 0) is 11.3 Å². The van der Waals surface area contributed by atoms with Gasteiger partial charge >= 0.3 is 0 Å². The Hall–Kier alpha value is -1.06. The maximum atomic E-state index is 5.58. The highest BCUT2D eigenvalue weighted by atomic mass is 16.5. The summed E-state index contributed by atoms with van der Waals surface area (Å²) in [4.78, 5) is 2.45. The number of rotatable bonds is 3. The van der Waals surface area contributed by atoms with Gasteiger partial charge in [0.05, 0.1) is 18.8 Å². The SMILES string of the molecule is CNCc1ccc(N2CCOCC2(C)C)cc1C. The topological polar surface area (TPSA) is 24.5 Å². The number of nitrogens with one attached hydrogen (secondary N) is 1. The minimum absolute atomic E-state index is 0.0786. The third kappa shape index (κ3) is 2.68. The maximum Gasteiger partial charge on any atom is 0.0694 e. The summed E-state index contributed by atoms with van der Waals surface area (Å²) >= 11 is 0. The van der Waals surface area contributed by atoms with Crippen molar-refractivity contribution in [2.24, 2.45) is 0 Å². The molecule has 3 heteroatoms. The smallest absolute Gasteiger partial charge is 0.0694 e. The zero-order valence-electron chi connectivity index (χ0n) is 11.9. The lowest BCUT2D eigenvalue weighted by Crippen LogP contribution is -2.53. The molecule has 0 amide bonds. The van der Waals surface area contributed by atoms with E-state index in [1.54, 1.807) is 0 Å². The third-order valence-corrected chi connectivity index (χ3v) is 3.65. The summed E-state index contributed by atoms with van der Waals surface area (Å²) in [5, 5.41) is 3.21. The molecule has 0 spiro atoms. The molecule has 0 radical (unpaired) electrons. The van der Waals surface area contributed by atoms with E-state index in [2.05, 4.69) is 49.2 Å². The van der Waals surface area contributed by atoms with E-state index < -0.39 is 0 Å². The molecule has 18 heavy (non-hydrogen) atoms. The van der Waals surface area contributed by atoms with E-state index >= 15 is 0 Å². The van der Waals surface area contributed by atoms with Crippen LogP contribution in [0.4, 0.5) is 5.69 Å². The Kier molecular flexibility index (Phi) is 3.93. The largest absolute Gasteiger partial charge is 0.377 e. The Morgan fingerprint density at radius 2 is 2.17 bits per heavy atom. The number of hydrogen-bond acceptors (Lipinski definition) is 3. The number of morpholine rings is 1. The highest BCUT2D eigenvalue weighted by Gasteiger charge is 2.30. The van der Waals surface area contributed by atoms with Crippen LogP contribution in [0, 0.1) is 6.92 Å². The Morgan fingerprint density at radius 3 is 2.78 bits per heavy atom. The van der Waals surface area contributed by atoms with E-state index in [9.17, 15) is 0 Å². The van der Waals surface area contributed by atoms with Gasteiger partial charge in [0.15, 0.2) is 0 Å². The normalized spacial score (nSPS) is 19.0. The van der Waals surface area contributed by atoms with Gasteiger partial charge in [0.25, 0.3) is 0 Å². The molecule has 1 aliphatic rings. The standard InChI is InChI=1S/C15H24N2O/c1-12-9-14(6-5-13(12)10-16-4)17-7-8-18-11-15(17,2)3/h5-6,9,16H,7-8,10-11H2,1-4H3. The van der Waals surface area contributed by atoms with Crippen molar-refractivity contribution in [2.45, 2.75) is 32.9 Å². The summed E-state index contributed by atoms with van der Waals surface area (Å²) in [6.45, 7) is 10.2. The Bertz CT molecular complexity index is 415. The molecule has 100 valence electrons. The van der Waals surface area contributed by atoms with Crippen molar-refractivity contribution in [3.63, 3.8) is 0 Å². The minimum Gasteiger partial charge on any atom is -0.377 e. The fourth-order valence-electron chi connectivity index (χ4n) is 2.57. The number of ether oxygens (including phenoxy) is 1. The van der Waals surface area contributed by atoms with Crippen LogP contribution in [0.5, 0.6) is 0 Å². The summed E-state index contributed by atoms with van der Waals surface area (Å²) in [5.74, 6) is 0. The van der Waals surface area contributed by atoms with Crippen LogP contribution in [0.2, 0.25) is 0 Å². The zero-order chi connectivity index (χ0) is 13.2. The molecule has 3 nitrogen and oxygen atoms in total. The Balaban J connectivity index is 2.25. The highest BCUT2D eigenvalue weighted by Crippen LogP contribution is 2.28. The van der Waals surface area contributed by atoms with Gasteiger partial charge in [-0.15, -0.1) is 0 Å². The van der Waals surface area contributed by atoms with Gasteiger partial charge in [-0.2, -0.15) is 0 Å². The molecule has 0 saturated carbocycles. The van der Waals surface area contributed by atoms with Crippen LogP contribution >= 0.6 is 0 Å². The molecule has 1 aliphatic heterocycles. The fourth-order valence-corrected chi connectivity index (χ4v) is 2.57. The van der Waals surface area contributed by atoms with Crippen molar-refractivity contribution in [3.05, 3.63) is 29.3 Å². The molecular weight excluding hydrogens is 224 g/mol. The van der Waals surface area contributed by atoms with E-state index in [0.29, 0.717) is 0 Å². The van der Waals surface area contributed by atoms with E-state index in [1.165, 1.54) is 16.8 Å². The molecule has 0 bridgehead atoms. The summed E-state index contributed by atoms with van der Waals surface area (Å²) in [6.07, 6.45) is 0. The second-order valence-corrected chi connectivity index (χ2v) is 5.66. The van der Waals surface area contributed by atoms with Crippen LogP contribution in [0.1, 0.15) is 25.0 Å². The lowest BCUT2D eigenvalue weighted by molar-refractivity contribution is 0.0644. The average Bonchev–Trinajstić information content (AvgIpc) is 2.31. The van der Waals surface area contributed by atoms with Crippen molar-refractivity contribution in [2.75, 3.05) is 31.7 Å². The lowest BCUT2D eigenvalue weighted by Gasteiger charge is -2.44. The third-order valence-electron chi connectivity index (χ3n) is 3.65. The summed E-state index contributed by atoms with van der Waals surface area (Å²) < 4.78 is 5.58. The Morgan fingerprint density at radius 1 is 1.39 bits per heavy atom. The second kappa shape index (κ2) is 5.29. The zero-order valence-corrected chi connectivity index (χ0v) is 11.9. The monoisotopic (exact) mass is 248 g/mol. The molecular formula is C15H24N2O. The molecule has 1 aromatic carbocycles. The molecule has 0 aliphatic carbocycles. The Labute approximate surface area is 110 Å². The average molecular weight is 248 g/mol. The van der Waals surface area contributed by atoms with Gasteiger partial charge in [-0.1, -0.05) is 6.07 Å². The molecule has 2 rings (SSSR count). The van der Waals surface area contributed by atoms with Crippen molar-refractivity contribution < 1.29 is 4.74 Å². The minimum atomic E-state index is 0.0786. The number of hydrogen-bond donors (Lipinski definition) is 1. The van der Waals surface area contributed by atoms with Crippen molar-refractivity contribution in [1.82, 2.24) is 5.32 Å². The van der Waals surface area contributed by atoms with Gasteiger partial charge in [-0.05, 0) is 51.1 Å². The first-order chi connectivity index (χ1) is 8.54. The molecule has 1 aromatic rings. The van der Waals surface area contributed by atoms with Gasteiger partial charge in [0.2, 0.25) is 0 Å². The van der Waals surface area contributed by atoms with Gasteiger partial charge in [-0.3, -0.25) is 0 Å². The summed E-state index contributed by atoms with van der Waals surface area (Å²) in [5.41, 5.74) is 4.10. The van der Waals surface area contributed by atoms with Crippen LogP contribution in [0.25, 0.3) is 0 Å².